The van der Waals surface area contributed by atoms with Crippen LogP contribution in [0.3, 0.4) is 0 Å². The Bertz CT molecular complexity index is 699. The summed E-state index contributed by atoms with van der Waals surface area (Å²) in [5.74, 6) is 0.233. The van der Waals surface area contributed by atoms with Crippen LogP contribution in [0.5, 0.6) is 0 Å². The van der Waals surface area contributed by atoms with Crippen LogP contribution in [0.15, 0.2) is 23.1 Å². The van der Waals surface area contributed by atoms with Gasteiger partial charge in [0, 0.05) is 24.7 Å². The molecule has 0 aliphatic carbocycles. The van der Waals surface area contributed by atoms with E-state index in [1.165, 1.54) is 22.5 Å². The molecule has 0 bridgehead atoms. The number of benzene rings is 1. The van der Waals surface area contributed by atoms with Crippen molar-refractivity contribution in [2.45, 2.75) is 24.3 Å². The summed E-state index contributed by atoms with van der Waals surface area (Å²) in [4.78, 5) is 2.22. The van der Waals surface area contributed by atoms with Crippen LogP contribution in [-0.2, 0) is 10.0 Å². The summed E-state index contributed by atoms with van der Waals surface area (Å²) >= 11 is 5.85. The summed E-state index contributed by atoms with van der Waals surface area (Å²) < 4.78 is 27.1. The second-order valence-electron chi connectivity index (χ2n) is 5.87. The molecule has 2 atom stereocenters. The summed E-state index contributed by atoms with van der Waals surface area (Å²) in [6, 6.07) is 6.15. The predicted molar refractivity (Wildman–Crippen MR) is 86.2 cm³/mol. The Balaban J connectivity index is 2.36. The van der Waals surface area contributed by atoms with E-state index >= 15 is 0 Å². The molecule has 120 valence electrons. The Kier molecular flexibility index (Phi) is 5.13. The van der Waals surface area contributed by atoms with E-state index in [-0.39, 0.29) is 22.4 Å². The zero-order valence-electron chi connectivity index (χ0n) is 13.0. The van der Waals surface area contributed by atoms with Crippen LogP contribution in [0.25, 0.3) is 0 Å². The van der Waals surface area contributed by atoms with Crippen LogP contribution >= 0.6 is 11.6 Å². The van der Waals surface area contributed by atoms with Gasteiger partial charge < -0.3 is 4.90 Å². The molecule has 2 rings (SSSR count). The van der Waals surface area contributed by atoms with Gasteiger partial charge in [-0.2, -0.15) is 9.57 Å². The lowest BCUT2D eigenvalue weighted by Gasteiger charge is -2.39. The molecule has 22 heavy (non-hydrogen) atoms. The molecule has 1 aromatic rings. The first kappa shape index (κ1) is 17.2. The Hall–Kier alpha value is -1.13. The van der Waals surface area contributed by atoms with Crippen molar-refractivity contribution in [2.24, 2.45) is 5.92 Å². The normalized spacial score (nSPS) is 23.5. The van der Waals surface area contributed by atoms with Crippen LogP contribution in [0.1, 0.15) is 18.9 Å². The van der Waals surface area contributed by atoms with E-state index in [1.54, 1.807) is 7.05 Å². The van der Waals surface area contributed by atoms with E-state index in [1.807, 2.05) is 13.1 Å². The highest BCUT2D eigenvalue weighted by Crippen LogP contribution is 2.28. The summed E-state index contributed by atoms with van der Waals surface area (Å²) in [6.45, 7) is 3.77. The Morgan fingerprint density at radius 3 is 2.73 bits per heavy atom. The first-order valence-electron chi connectivity index (χ1n) is 7.13. The van der Waals surface area contributed by atoms with Gasteiger partial charge in [0.2, 0.25) is 10.0 Å². The number of sulfonamides is 1. The third-order valence-electron chi connectivity index (χ3n) is 4.25. The van der Waals surface area contributed by atoms with Gasteiger partial charge in [0.05, 0.1) is 5.56 Å². The molecule has 0 N–H and O–H groups in total. The van der Waals surface area contributed by atoms with Crippen molar-refractivity contribution < 1.29 is 8.42 Å². The summed E-state index contributed by atoms with van der Waals surface area (Å²) in [5.41, 5.74) is 0.0833. The average molecular weight is 342 g/mol. The molecule has 0 spiro atoms. The van der Waals surface area contributed by atoms with Gasteiger partial charge in [-0.3, -0.25) is 0 Å². The zero-order valence-corrected chi connectivity index (χ0v) is 14.5. The topological polar surface area (TPSA) is 64.4 Å². The Labute approximate surface area is 137 Å². The lowest BCUT2D eigenvalue weighted by Crippen LogP contribution is -2.49. The van der Waals surface area contributed by atoms with Crippen molar-refractivity contribution in [1.82, 2.24) is 9.21 Å². The molecule has 1 saturated heterocycles. The van der Waals surface area contributed by atoms with E-state index in [2.05, 4.69) is 11.8 Å². The lowest BCUT2D eigenvalue weighted by atomic mass is 9.94. The Morgan fingerprint density at radius 1 is 1.45 bits per heavy atom. The third kappa shape index (κ3) is 3.28. The van der Waals surface area contributed by atoms with Gasteiger partial charge in [-0.05, 0) is 44.1 Å². The van der Waals surface area contributed by atoms with Gasteiger partial charge in [0.15, 0.2) is 0 Å². The van der Waals surface area contributed by atoms with Gasteiger partial charge in [-0.1, -0.05) is 18.5 Å². The number of hydrogen-bond acceptors (Lipinski definition) is 4. The van der Waals surface area contributed by atoms with Gasteiger partial charge in [-0.15, -0.1) is 0 Å². The SMILES string of the molecule is C[C@@H]1CN(C)CC[C@@H]1N(C)S(=O)(=O)c1ccc(Cl)cc1C#N. The molecule has 1 heterocycles. The van der Waals surface area contributed by atoms with Crippen LogP contribution in [-0.4, -0.2) is 50.8 Å². The minimum absolute atomic E-state index is 0.0213. The van der Waals surface area contributed by atoms with Crippen LogP contribution in [0.4, 0.5) is 0 Å². The van der Waals surface area contributed by atoms with Crippen LogP contribution in [0.2, 0.25) is 5.02 Å². The largest absolute Gasteiger partial charge is 0.306 e. The standard InChI is InChI=1S/C15H20ClN3O2S/c1-11-10-18(2)7-6-14(11)19(3)22(20,21)15-5-4-13(16)8-12(15)9-17/h4-5,8,11,14H,6-7,10H2,1-3H3/t11-,14+/m1/s1. The Morgan fingerprint density at radius 2 is 2.14 bits per heavy atom. The molecule has 1 aliphatic heterocycles. The number of nitriles is 1. The smallest absolute Gasteiger partial charge is 0.244 e. The maximum Gasteiger partial charge on any atom is 0.244 e. The molecule has 0 unspecified atom stereocenters. The molecule has 5 nitrogen and oxygen atoms in total. The minimum Gasteiger partial charge on any atom is -0.306 e. The first-order chi connectivity index (χ1) is 10.3. The molecule has 1 aromatic carbocycles. The van der Waals surface area contributed by atoms with Crippen molar-refractivity contribution in [3.05, 3.63) is 28.8 Å². The number of hydrogen-bond donors (Lipinski definition) is 0. The molecular formula is C15H20ClN3O2S. The number of nitrogens with zero attached hydrogens (tertiary/aromatic N) is 3. The van der Waals surface area contributed by atoms with Gasteiger partial charge in [0.1, 0.15) is 11.0 Å². The van der Waals surface area contributed by atoms with Gasteiger partial charge in [-0.25, -0.2) is 8.42 Å². The summed E-state index contributed by atoms with van der Waals surface area (Å²) in [5, 5.41) is 9.54. The highest BCUT2D eigenvalue weighted by Gasteiger charge is 2.35. The molecular weight excluding hydrogens is 322 g/mol. The highest BCUT2D eigenvalue weighted by atomic mass is 35.5. The molecule has 0 radical (unpaired) electrons. The van der Waals surface area contributed by atoms with Gasteiger partial charge >= 0.3 is 0 Å². The molecule has 0 amide bonds. The maximum absolute atomic E-state index is 12.9. The van der Waals surface area contributed by atoms with Crippen molar-refractivity contribution in [1.29, 1.82) is 5.26 Å². The van der Waals surface area contributed by atoms with Gasteiger partial charge in [0.25, 0.3) is 0 Å². The summed E-state index contributed by atoms with van der Waals surface area (Å²) in [6.07, 6.45) is 0.781. The number of rotatable bonds is 3. The minimum atomic E-state index is -3.71. The molecule has 0 saturated carbocycles. The zero-order chi connectivity index (χ0) is 16.5. The molecule has 7 heteroatoms. The lowest BCUT2D eigenvalue weighted by molar-refractivity contribution is 0.139. The molecule has 1 aliphatic rings. The van der Waals surface area contributed by atoms with Crippen molar-refractivity contribution in [3.63, 3.8) is 0 Å². The fourth-order valence-corrected chi connectivity index (χ4v) is 4.80. The summed E-state index contributed by atoms with van der Waals surface area (Å²) in [7, 11) is -0.0841. The van der Waals surface area contributed by atoms with E-state index in [4.69, 9.17) is 11.6 Å². The second kappa shape index (κ2) is 6.55. The van der Waals surface area contributed by atoms with Crippen LogP contribution < -0.4 is 0 Å². The van der Waals surface area contributed by atoms with Crippen molar-refractivity contribution in [2.75, 3.05) is 27.2 Å². The number of piperidine rings is 1. The van der Waals surface area contributed by atoms with Crippen molar-refractivity contribution >= 4 is 21.6 Å². The quantitative estimate of drug-likeness (QED) is 0.845. The average Bonchev–Trinajstić information content (AvgIpc) is 2.46. The number of halogens is 1. The fraction of sp³-hybridized carbons (Fsp3) is 0.533. The van der Waals surface area contributed by atoms with E-state index in [0.29, 0.717) is 5.02 Å². The van der Waals surface area contributed by atoms with Crippen molar-refractivity contribution in [3.8, 4) is 6.07 Å². The molecule has 1 fully saturated rings. The van der Waals surface area contributed by atoms with Crippen LogP contribution in [0, 0.1) is 17.2 Å². The second-order valence-corrected chi connectivity index (χ2v) is 8.27. The van der Waals surface area contributed by atoms with E-state index in [0.717, 1.165) is 19.5 Å². The predicted octanol–water partition coefficient (Wildman–Crippen LogP) is 2.17. The fourth-order valence-electron chi connectivity index (χ4n) is 3.03. The monoisotopic (exact) mass is 341 g/mol. The highest BCUT2D eigenvalue weighted by molar-refractivity contribution is 7.89. The third-order valence-corrected chi connectivity index (χ3v) is 6.43. The number of likely N-dealkylation sites (tertiary alicyclic amines) is 1. The maximum atomic E-state index is 12.9. The first-order valence-corrected chi connectivity index (χ1v) is 8.95. The van der Waals surface area contributed by atoms with E-state index in [9.17, 15) is 13.7 Å². The molecule has 0 aromatic heterocycles. The van der Waals surface area contributed by atoms with E-state index < -0.39 is 10.0 Å².